The summed E-state index contributed by atoms with van der Waals surface area (Å²) in [5.74, 6) is 0.685. The van der Waals surface area contributed by atoms with Crippen LogP contribution in [-0.4, -0.2) is 17.5 Å². The number of carbonyl (C=O) groups excluding carboxylic acids is 1. The molecule has 1 aromatic heterocycles. The van der Waals surface area contributed by atoms with Gasteiger partial charge in [0.15, 0.2) is 0 Å². The predicted octanol–water partition coefficient (Wildman–Crippen LogP) is 1.74. The zero-order valence-electron chi connectivity index (χ0n) is 9.78. The molecule has 1 heterocycles. The Labute approximate surface area is 104 Å². The van der Waals surface area contributed by atoms with Crippen LogP contribution in [0.5, 0.6) is 5.75 Å². The molecule has 18 heavy (non-hydrogen) atoms. The molecule has 0 radical (unpaired) electrons. The van der Waals surface area contributed by atoms with Crippen molar-refractivity contribution in [2.24, 2.45) is 0 Å². The van der Waals surface area contributed by atoms with E-state index in [1.54, 1.807) is 47.2 Å². The van der Waals surface area contributed by atoms with Gasteiger partial charge in [-0.2, -0.15) is 0 Å². The Hall–Kier alpha value is -2.36. The molecule has 0 saturated heterocycles. The number of carbonyl (C=O) groups is 1. The first kappa shape index (κ1) is 12.1. The summed E-state index contributed by atoms with van der Waals surface area (Å²) in [6.45, 7) is 0.902. The van der Waals surface area contributed by atoms with E-state index in [1.807, 2.05) is 0 Å². The standard InChI is InChI=1S/C14H13NO3/c16-11-12-4-6-13(7-5-12)18-10-9-15-8-2-1-3-14(15)17/h1-8,11H,9-10H2. The number of pyridine rings is 1. The second kappa shape index (κ2) is 5.82. The largest absolute Gasteiger partial charge is 0.492 e. The van der Waals surface area contributed by atoms with Crippen LogP contribution in [0.15, 0.2) is 53.5 Å². The van der Waals surface area contributed by atoms with Crippen molar-refractivity contribution in [2.75, 3.05) is 6.61 Å². The van der Waals surface area contributed by atoms with Crippen LogP contribution >= 0.6 is 0 Å². The summed E-state index contributed by atoms with van der Waals surface area (Å²) in [5.41, 5.74) is 0.569. The minimum Gasteiger partial charge on any atom is -0.492 e. The molecule has 0 aliphatic heterocycles. The van der Waals surface area contributed by atoms with Crippen molar-refractivity contribution in [2.45, 2.75) is 6.54 Å². The summed E-state index contributed by atoms with van der Waals surface area (Å²) in [7, 11) is 0. The summed E-state index contributed by atoms with van der Waals surface area (Å²) in [5, 5.41) is 0. The molecule has 0 N–H and O–H groups in total. The van der Waals surface area contributed by atoms with Gasteiger partial charge < -0.3 is 9.30 Å². The van der Waals surface area contributed by atoms with Crippen LogP contribution in [-0.2, 0) is 6.54 Å². The lowest BCUT2D eigenvalue weighted by molar-refractivity contribution is 0.112. The average molecular weight is 243 g/mol. The fourth-order valence-corrected chi connectivity index (χ4v) is 1.55. The lowest BCUT2D eigenvalue weighted by Crippen LogP contribution is -2.21. The summed E-state index contributed by atoms with van der Waals surface area (Å²) in [6.07, 6.45) is 2.51. The Balaban J connectivity index is 1.90. The van der Waals surface area contributed by atoms with E-state index in [-0.39, 0.29) is 5.56 Å². The highest BCUT2D eigenvalue weighted by atomic mass is 16.5. The van der Waals surface area contributed by atoms with Crippen LogP contribution in [0.3, 0.4) is 0 Å². The maximum atomic E-state index is 11.4. The Bertz CT molecular complexity index is 572. The van der Waals surface area contributed by atoms with E-state index in [1.165, 1.54) is 6.07 Å². The van der Waals surface area contributed by atoms with E-state index in [9.17, 15) is 9.59 Å². The van der Waals surface area contributed by atoms with E-state index in [0.717, 1.165) is 6.29 Å². The summed E-state index contributed by atoms with van der Waals surface area (Å²) in [4.78, 5) is 21.9. The number of benzene rings is 1. The van der Waals surface area contributed by atoms with Gasteiger partial charge in [-0.1, -0.05) is 6.07 Å². The third-order valence-corrected chi connectivity index (χ3v) is 2.52. The fraction of sp³-hybridized carbons (Fsp3) is 0.143. The first-order chi connectivity index (χ1) is 8.79. The minimum atomic E-state index is -0.0441. The number of aldehydes is 1. The minimum absolute atomic E-state index is 0.0441. The molecule has 0 amide bonds. The molecule has 0 bridgehead atoms. The molecule has 4 nitrogen and oxygen atoms in total. The van der Waals surface area contributed by atoms with E-state index >= 15 is 0 Å². The number of rotatable bonds is 5. The van der Waals surface area contributed by atoms with Gasteiger partial charge in [0, 0.05) is 17.8 Å². The molecular formula is C14H13NO3. The van der Waals surface area contributed by atoms with Crippen LogP contribution in [0.1, 0.15) is 10.4 Å². The second-order valence-corrected chi connectivity index (χ2v) is 3.77. The maximum absolute atomic E-state index is 11.4. The second-order valence-electron chi connectivity index (χ2n) is 3.77. The molecule has 0 saturated carbocycles. The SMILES string of the molecule is O=Cc1ccc(OCCn2ccccc2=O)cc1. The van der Waals surface area contributed by atoms with Crippen molar-refractivity contribution in [3.05, 3.63) is 64.6 Å². The van der Waals surface area contributed by atoms with Crippen LogP contribution in [0, 0.1) is 0 Å². The van der Waals surface area contributed by atoms with Crippen molar-refractivity contribution in [3.63, 3.8) is 0 Å². The number of hydrogen-bond acceptors (Lipinski definition) is 3. The van der Waals surface area contributed by atoms with Crippen molar-refractivity contribution >= 4 is 6.29 Å². The van der Waals surface area contributed by atoms with Gasteiger partial charge >= 0.3 is 0 Å². The number of aromatic nitrogens is 1. The molecule has 0 atom stereocenters. The van der Waals surface area contributed by atoms with Gasteiger partial charge in [0.25, 0.3) is 5.56 Å². The molecule has 0 aliphatic carbocycles. The van der Waals surface area contributed by atoms with E-state index < -0.39 is 0 Å². The van der Waals surface area contributed by atoms with Gasteiger partial charge in [-0.15, -0.1) is 0 Å². The lowest BCUT2D eigenvalue weighted by Gasteiger charge is -2.07. The maximum Gasteiger partial charge on any atom is 0.250 e. The van der Waals surface area contributed by atoms with E-state index in [2.05, 4.69) is 0 Å². The molecular weight excluding hydrogens is 230 g/mol. The van der Waals surface area contributed by atoms with Crippen molar-refractivity contribution in [1.29, 1.82) is 0 Å². The zero-order valence-corrected chi connectivity index (χ0v) is 9.78. The van der Waals surface area contributed by atoms with Crippen molar-refractivity contribution < 1.29 is 9.53 Å². The highest BCUT2D eigenvalue weighted by molar-refractivity contribution is 5.74. The topological polar surface area (TPSA) is 48.3 Å². The molecule has 4 heteroatoms. The van der Waals surface area contributed by atoms with Crippen molar-refractivity contribution in [1.82, 2.24) is 4.57 Å². The van der Waals surface area contributed by atoms with Crippen molar-refractivity contribution in [3.8, 4) is 5.75 Å². The van der Waals surface area contributed by atoms with E-state index in [0.29, 0.717) is 24.5 Å². The predicted molar refractivity (Wildman–Crippen MR) is 68.0 cm³/mol. The van der Waals surface area contributed by atoms with Crippen LogP contribution < -0.4 is 10.3 Å². The molecule has 92 valence electrons. The fourth-order valence-electron chi connectivity index (χ4n) is 1.55. The van der Waals surface area contributed by atoms with Crippen LogP contribution in [0.25, 0.3) is 0 Å². The summed E-state index contributed by atoms with van der Waals surface area (Å²) < 4.78 is 7.07. The molecule has 2 rings (SSSR count). The zero-order chi connectivity index (χ0) is 12.8. The Morgan fingerprint density at radius 1 is 1.11 bits per heavy atom. The van der Waals surface area contributed by atoms with Gasteiger partial charge in [0.1, 0.15) is 18.6 Å². The lowest BCUT2D eigenvalue weighted by atomic mass is 10.2. The first-order valence-electron chi connectivity index (χ1n) is 5.63. The number of ether oxygens (including phenoxy) is 1. The third-order valence-electron chi connectivity index (χ3n) is 2.52. The highest BCUT2D eigenvalue weighted by Gasteiger charge is 1.96. The molecule has 0 unspecified atom stereocenters. The quantitative estimate of drug-likeness (QED) is 0.751. The summed E-state index contributed by atoms with van der Waals surface area (Å²) >= 11 is 0. The van der Waals surface area contributed by atoms with Gasteiger partial charge in [-0.05, 0) is 30.3 Å². The Morgan fingerprint density at radius 2 is 1.89 bits per heavy atom. The molecule has 0 aliphatic rings. The Kier molecular flexibility index (Phi) is 3.91. The Morgan fingerprint density at radius 3 is 2.56 bits per heavy atom. The third kappa shape index (κ3) is 3.07. The normalized spacial score (nSPS) is 10.0. The summed E-state index contributed by atoms with van der Waals surface area (Å²) in [6, 6.07) is 11.9. The number of hydrogen-bond donors (Lipinski definition) is 0. The highest BCUT2D eigenvalue weighted by Crippen LogP contribution is 2.10. The van der Waals surface area contributed by atoms with Gasteiger partial charge in [0.2, 0.25) is 0 Å². The van der Waals surface area contributed by atoms with Gasteiger partial charge in [-0.25, -0.2) is 0 Å². The molecule has 1 aromatic carbocycles. The van der Waals surface area contributed by atoms with E-state index in [4.69, 9.17) is 4.74 Å². The molecule has 2 aromatic rings. The first-order valence-corrected chi connectivity index (χ1v) is 5.63. The average Bonchev–Trinajstić information content (AvgIpc) is 2.42. The number of nitrogens with zero attached hydrogens (tertiary/aromatic N) is 1. The smallest absolute Gasteiger partial charge is 0.250 e. The van der Waals surface area contributed by atoms with Crippen LogP contribution in [0.4, 0.5) is 0 Å². The monoisotopic (exact) mass is 243 g/mol. The van der Waals surface area contributed by atoms with Crippen LogP contribution in [0.2, 0.25) is 0 Å². The molecule has 0 fully saturated rings. The van der Waals surface area contributed by atoms with Gasteiger partial charge in [-0.3, -0.25) is 9.59 Å². The molecule has 0 spiro atoms. The van der Waals surface area contributed by atoms with Gasteiger partial charge in [0.05, 0.1) is 6.54 Å².